The lowest BCUT2D eigenvalue weighted by Crippen LogP contribution is -2.45. The Hall–Kier alpha value is -8.04. The number of ether oxygens (including phenoxy) is 6. The van der Waals surface area contributed by atoms with Gasteiger partial charge in [-0.3, -0.25) is 14.5 Å². The SMILES string of the molecule is COc1ccc(C2=CN(C(=O)c3cc(OC)c(OCCCCCOc4cc(N(CC5c6ccccc6-c6ccccc65)C(=O)O)c(C(=O)N5C=C(c6ccc(OC)cc6)C[C@H]5CO[Si](C)(C)C(C)(C)C)cc4OC)cc3N)[C@H](CO[Si](C)(C)C(C)(C)C)C2)cc1. The zero-order chi connectivity index (χ0) is 64.9. The molecule has 3 amide bonds. The maximum atomic E-state index is 15.6. The molecule has 6 aromatic rings. The number of nitrogens with zero attached hydrogens (tertiary/aromatic N) is 3. The van der Waals surface area contributed by atoms with E-state index in [4.69, 9.17) is 43.0 Å². The molecule has 0 saturated carbocycles. The van der Waals surface area contributed by atoms with Crippen molar-refractivity contribution in [3.05, 3.63) is 167 Å². The fraction of sp³-hybridized carbons (Fsp3) is 0.403. The van der Waals surface area contributed by atoms with Crippen LogP contribution in [0.2, 0.25) is 36.3 Å². The summed E-state index contributed by atoms with van der Waals surface area (Å²) >= 11 is 0. The summed E-state index contributed by atoms with van der Waals surface area (Å²) in [5, 5.41) is 11.3. The van der Waals surface area contributed by atoms with Crippen molar-refractivity contribution in [2.24, 2.45) is 0 Å². The van der Waals surface area contributed by atoms with Crippen LogP contribution in [0.1, 0.15) is 123 Å². The molecule has 0 unspecified atom stereocenters. The maximum absolute atomic E-state index is 15.6. The first-order valence-electron chi connectivity index (χ1n) is 31.0. The monoisotopic (exact) mass is 1260 g/mol. The summed E-state index contributed by atoms with van der Waals surface area (Å²) in [6, 6.07) is 37.6. The molecule has 2 aliphatic heterocycles. The number of unbranched alkanes of at least 4 members (excludes halogenated alkanes) is 2. The van der Waals surface area contributed by atoms with Gasteiger partial charge in [0.1, 0.15) is 11.5 Å². The Morgan fingerprint density at radius 3 is 1.40 bits per heavy atom. The second-order valence-electron chi connectivity index (χ2n) is 26.5. The second kappa shape index (κ2) is 27.6. The molecule has 0 radical (unpaired) electrons. The summed E-state index contributed by atoms with van der Waals surface area (Å²) in [4.78, 5) is 49.0. The molecule has 1 aliphatic carbocycles. The van der Waals surface area contributed by atoms with Crippen LogP contribution < -0.4 is 39.1 Å². The van der Waals surface area contributed by atoms with Crippen molar-refractivity contribution in [2.45, 2.75) is 128 Å². The molecule has 9 rings (SSSR count). The fourth-order valence-corrected chi connectivity index (χ4v) is 13.4. The molecular weight excluding hydrogens is 1170 g/mol. The number of carbonyl (C=O) groups is 3. The van der Waals surface area contributed by atoms with Gasteiger partial charge in [-0.1, -0.05) is 114 Å². The lowest BCUT2D eigenvalue weighted by atomic mass is 9.95. The Morgan fingerprint density at radius 1 is 0.556 bits per heavy atom. The number of carboxylic acid groups (broad SMARTS) is 1. The van der Waals surface area contributed by atoms with E-state index < -0.39 is 34.7 Å². The molecule has 0 aromatic heterocycles. The molecule has 90 heavy (non-hydrogen) atoms. The van der Waals surface area contributed by atoms with Gasteiger partial charge < -0.3 is 57.9 Å². The Morgan fingerprint density at radius 2 is 0.978 bits per heavy atom. The van der Waals surface area contributed by atoms with Gasteiger partial charge in [0.15, 0.2) is 39.6 Å². The first-order valence-corrected chi connectivity index (χ1v) is 36.9. The van der Waals surface area contributed by atoms with E-state index >= 15 is 4.79 Å². The fourth-order valence-electron chi connectivity index (χ4n) is 11.3. The molecule has 478 valence electrons. The smallest absolute Gasteiger partial charge is 0.411 e. The van der Waals surface area contributed by atoms with Crippen molar-refractivity contribution in [2.75, 3.05) is 72.0 Å². The van der Waals surface area contributed by atoms with Gasteiger partial charge in [0.2, 0.25) is 0 Å². The van der Waals surface area contributed by atoms with Gasteiger partial charge in [-0.05, 0) is 149 Å². The summed E-state index contributed by atoms with van der Waals surface area (Å²) < 4.78 is 49.1. The minimum atomic E-state index is -2.29. The number of carbonyl (C=O) groups excluding carboxylic acids is 2. The van der Waals surface area contributed by atoms with Crippen molar-refractivity contribution in [1.29, 1.82) is 0 Å². The summed E-state index contributed by atoms with van der Waals surface area (Å²) in [6.45, 7) is 23.2. The first-order chi connectivity index (χ1) is 42.8. The van der Waals surface area contributed by atoms with E-state index in [1.54, 1.807) is 48.3 Å². The number of fused-ring (bicyclic) bond motifs is 3. The summed E-state index contributed by atoms with van der Waals surface area (Å²) in [7, 11) is 1.86. The highest BCUT2D eigenvalue weighted by Gasteiger charge is 2.43. The van der Waals surface area contributed by atoms with E-state index in [1.165, 1.54) is 19.1 Å². The molecule has 3 aliphatic rings. The van der Waals surface area contributed by atoms with Crippen LogP contribution >= 0.6 is 0 Å². The average Bonchev–Trinajstić information content (AvgIpc) is 1.77. The maximum Gasteiger partial charge on any atom is 0.411 e. The number of methoxy groups -OCH3 is 4. The van der Waals surface area contributed by atoms with Crippen LogP contribution in [0.15, 0.2) is 134 Å². The Kier molecular flexibility index (Phi) is 20.4. The average molecular weight is 1260 g/mol. The van der Waals surface area contributed by atoms with E-state index in [-0.39, 0.29) is 76.1 Å². The third-order valence-electron chi connectivity index (χ3n) is 18.8. The highest BCUT2D eigenvalue weighted by Crippen LogP contribution is 2.48. The van der Waals surface area contributed by atoms with Gasteiger partial charge in [-0.2, -0.15) is 0 Å². The molecule has 3 N–H and O–H groups in total. The van der Waals surface area contributed by atoms with E-state index in [1.807, 2.05) is 97.3 Å². The second-order valence-corrected chi connectivity index (χ2v) is 36.2. The molecule has 6 aromatic carbocycles. The standard InChI is InChI=1S/C72H90N4O12Si2/c1-71(2,3)89(11,12)87-45-51-36-49(47-26-30-53(81-7)31-27-47)42-74(51)68(77)59-38-64(83-9)66(40-62(59)73)85-34-20-15-21-35-86-67-41-63(76(70(79)80)44-61-57-24-18-16-22-55(57)56-23-17-19-25-58(56)61)60(39-65(67)84-10)69(78)75-43-50(48-28-32-54(82-8)33-29-48)37-52(75)46-88-90(13,14)72(4,5)6/h16-19,22-33,38-43,51-52,61H,15,20-21,34-37,44-46,73H2,1-14H3,(H,79,80)/t51-,52-/m0/s1. The van der Waals surface area contributed by atoms with Crippen LogP contribution in [0.5, 0.6) is 34.5 Å². The molecule has 0 fully saturated rings. The predicted octanol–water partition coefficient (Wildman–Crippen LogP) is 15.8. The van der Waals surface area contributed by atoms with Crippen LogP contribution in [0.4, 0.5) is 16.2 Å². The lowest BCUT2D eigenvalue weighted by Gasteiger charge is -2.38. The van der Waals surface area contributed by atoms with Gasteiger partial charge in [-0.25, -0.2) is 4.79 Å². The van der Waals surface area contributed by atoms with Crippen molar-refractivity contribution < 1.29 is 56.8 Å². The van der Waals surface area contributed by atoms with Gasteiger partial charge in [0.05, 0.1) is 83.8 Å². The van der Waals surface area contributed by atoms with Crippen LogP contribution in [0.3, 0.4) is 0 Å². The quantitative estimate of drug-likeness (QED) is 0.0314. The third-order valence-corrected chi connectivity index (χ3v) is 27.8. The predicted molar refractivity (Wildman–Crippen MR) is 362 cm³/mol. The van der Waals surface area contributed by atoms with Gasteiger partial charge >= 0.3 is 6.09 Å². The Bertz CT molecular complexity index is 3580. The van der Waals surface area contributed by atoms with Crippen molar-refractivity contribution in [3.63, 3.8) is 0 Å². The van der Waals surface area contributed by atoms with E-state index in [0.717, 1.165) is 50.3 Å². The number of hydrogen-bond donors (Lipinski definition) is 2. The minimum Gasteiger partial charge on any atom is -0.497 e. The Labute approximate surface area is 533 Å². The molecular formula is C72H90N4O12Si2. The van der Waals surface area contributed by atoms with E-state index in [9.17, 15) is 14.7 Å². The molecule has 0 spiro atoms. The molecule has 16 nitrogen and oxygen atoms in total. The molecule has 2 heterocycles. The molecule has 0 bridgehead atoms. The van der Waals surface area contributed by atoms with Crippen LogP contribution in [-0.4, -0.2) is 123 Å². The molecule has 18 heteroatoms. The van der Waals surface area contributed by atoms with E-state index in [2.05, 4.69) is 79.9 Å². The number of anilines is 2. The normalized spacial score (nSPS) is 15.8. The third kappa shape index (κ3) is 14.4. The van der Waals surface area contributed by atoms with Crippen LogP contribution in [0, 0.1) is 0 Å². The molecule has 2 atom stereocenters. The summed E-state index contributed by atoms with van der Waals surface area (Å²) in [6.07, 6.45) is 5.58. The highest BCUT2D eigenvalue weighted by atomic mass is 28.4. The lowest BCUT2D eigenvalue weighted by molar-refractivity contribution is 0.0731. The first kappa shape index (κ1) is 66.4. The van der Waals surface area contributed by atoms with Gasteiger partial charge in [0, 0.05) is 42.7 Å². The summed E-state index contributed by atoms with van der Waals surface area (Å²) in [5.74, 6) is 1.81. The van der Waals surface area contributed by atoms with Crippen LogP contribution in [-0.2, 0) is 8.85 Å². The van der Waals surface area contributed by atoms with Crippen molar-refractivity contribution in [3.8, 4) is 45.6 Å². The number of nitrogens with two attached hydrogens (primary N) is 1. The summed E-state index contributed by atoms with van der Waals surface area (Å²) in [5.41, 5.74) is 15.5. The number of benzene rings is 6. The number of rotatable bonds is 25. The number of nitrogen functional groups attached to an aromatic ring is 1. The van der Waals surface area contributed by atoms with Crippen LogP contribution in [0.25, 0.3) is 22.3 Å². The Balaban J connectivity index is 0.936. The minimum absolute atomic E-state index is 0.0138. The number of hydrogen-bond acceptors (Lipinski definition) is 12. The zero-order valence-electron chi connectivity index (χ0n) is 54.9. The van der Waals surface area contributed by atoms with E-state index in [0.29, 0.717) is 68.1 Å². The molecule has 0 saturated heterocycles. The van der Waals surface area contributed by atoms with Gasteiger partial charge in [-0.15, -0.1) is 0 Å². The highest BCUT2D eigenvalue weighted by molar-refractivity contribution is 6.74. The number of amides is 3. The van der Waals surface area contributed by atoms with Gasteiger partial charge in [0.25, 0.3) is 11.8 Å². The topological polar surface area (TPSA) is 181 Å². The largest absolute Gasteiger partial charge is 0.497 e. The van der Waals surface area contributed by atoms with Crippen molar-refractivity contribution in [1.82, 2.24) is 9.80 Å². The zero-order valence-corrected chi connectivity index (χ0v) is 56.9. The van der Waals surface area contributed by atoms with Crippen molar-refractivity contribution >= 4 is 57.1 Å².